The Morgan fingerprint density at radius 1 is 1.26 bits per heavy atom. The van der Waals surface area contributed by atoms with E-state index in [0.29, 0.717) is 12.8 Å². The second-order valence-electron chi connectivity index (χ2n) is 4.89. The monoisotopic (exact) mass is 254 g/mol. The molecule has 0 unspecified atom stereocenters. The largest absolute Gasteiger partial charge is 0.469 e. The van der Waals surface area contributed by atoms with Crippen molar-refractivity contribution < 1.29 is 4.74 Å². The Labute approximate surface area is 112 Å². The summed E-state index contributed by atoms with van der Waals surface area (Å²) in [6.07, 6.45) is 2.35. The van der Waals surface area contributed by atoms with E-state index in [2.05, 4.69) is 6.07 Å². The Morgan fingerprint density at radius 3 is 2.32 bits per heavy atom. The van der Waals surface area contributed by atoms with E-state index in [1.807, 2.05) is 32.1 Å². The van der Waals surface area contributed by atoms with Crippen LogP contribution >= 0.6 is 0 Å². The first-order valence-electron chi connectivity index (χ1n) is 6.27. The molecule has 1 heterocycles. The Hall–Kier alpha value is -2.32. The highest BCUT2D eigenvalue weighted by atomic mass is 16.5. The Bertz CT molecular complexity index is 572. The molecule has 2 aliphatic rings. The molecule has 1 aliphatic carbocycles. The molecule has 3 atom stereocenters. The SMILES string of the molecule is CCC1=C[C@@H](CC)[C@@]2(C#N)C(=N)O[C@H]1C2(C#N)C#N. The molecule has 1 N–H and O–H groups in total. The summed E-state index contributed by atoms with van der Waals surface area (Å²) in [6.45, 7) is 3.81. The molecule has 0 spiro atoms. The zero-order chi connectivity index (χ0) is 14.3. The van der Waals surface area contributed by atoms with Gasteiger partial charge in [0.25, 0.3) is 0 Å². The molecule has 0 saturated carbocycles. The fraction of sp³-hybridized carbons (Fsp3) is 0.571. The molecule has 96 valence electrons. The lowest BCUT2D eigenvalue weighted by Gasteiger charge is -2.38. The van der Waals surface area contributed by atoms with Crippen molar-refractivity contribution in [1.29, 1.82) is 21.2 Å². The molecule has 5 heteroatoms. The number of nitrogens with zero attached hydrogens (tertiary/aromatic N) is 3. The summed E-state index contributed by atoms with van der Waals surface area (Å²) in [7, 11) is 0. The van der Waals surface area contributed by atoms with Gasteiger partial charge in [-0.15, -0.1) is 0 Å². The van der Waals surface area contributed by atoms with Gasteiger partial charge < -0.3 is 4.74 Å². The summed E-state index contributed by atoms with van der Waals surface area (Å²) in [5.41, 5.74) is -2.25. The molecule has 0 aromatic rings. The number of ether oxygens (including phenoxy) is 1. The number of fused-ring (bicyclic) bond motifs is 2. The number of rotatable bonds is 2. The third-order valence-corrected chi connectivity index (χ3v) is 4.29. The maximum atomic E-state index is 9.59. The number of hydrogen-bond acceptors (Lipinski definition) is 5. The van der Waals surface area contributed by atoms with Crippen LogP contribution in [0.25, 0.3) is 0 Å². The lowest BCUT2D eigenvalue weighted by atomic mass is 9.53. The molecule has 1 saturated heterocycles. The van der Waals surface area contributed by atoms with Crippen LogP contribution < -0.4 is 0 Å². The van der Waals surface area contributed by atoms with Crippen LogP contribution in [0.15, 0.2) is 11.6 Å². The molecular weight excluding hydrogens is 240 g/mol. The van der Waals surface area contributed by atoms with E-state index in [-0.39, 0.29) is 11.8 Å². The lowest BCUT2D eigenvalue weighted by Crippen LogP contribution is -2.51. The maximum absolute atomic E-state index is 9.59. The fourth-order valence-corrected chi connectivity index (χ4v) is 3.24. The van der Waals surface area contributed by atoms with E-state index >= 15 is 0 Å². The third-order valence-electron chi connectivity index (χ3n) is 4.29. The summed E-state index contributed by atoms with van der Waals surface area (Å²) in [4.78, 5) is 0. The van der Waals surface area contributed by atoms with Gasteiger partial charge in [0.05, 0.1) is 18.2 Å². The van der Waals surface area contributed by atoms with E-state index in [0.717, 1.165) is 5.57 Å². The fourth-order valence-electron chi connectivity index (χ4n) is 3.24. The predicted octanol–water partition coefficient (Wildman–Crippen LogP) is 2.28. The molecule has 19 heavy (non-hydrogen) atoms. The Balaban J connectivity index is 2.82. The van der Waals surface area contributed by atoms with Crippen molar-refractivity contribution in [3.05, 3.63) is 11.6 Å². The normalized spacial score (nSPS) is 34.5. The molecule has 5 nitrogen and oxygen atoms in total. The van der Waals surface area contributed by atoms with E-state index < -0.39 is 16.9 Å². The van der Waals surface area contributed by atoms with Crippen molar-refractivity contribution in [3.63, 3.8) is 0 Å². The Morgan fingerprint density at radius 2 is 1.89 bits per heavy atom. The van der Waals surface area contributed by atoms with Gasteiger partial charge in [0, 0.05) is 5.92 Å². The smallest absolute Gasteiger partial charge is 0.211 e. The summed E-state index contributed by atoms with van der Waals surface area (Å²) in [6, 6.07) is 6.04. The van der Waals surface area contributed by atoms with E-state index in [4.69, 9.17) is 10.1 Å². The van der Waals surface area contributed by atoms with E-state index in [1.165, 1.54) is 0 Å². The van der Waals surface area contributed by atoms with Crippen LogP contribution in [0, 0.1) is 56.2 Å². The molecule has 1 fully saturated rings. The minimum absolute atomic E-state index is 0.241. The lowest BCUT2D eigenvalue weighted by molar-refractivity contribution is 0.147. The highest BCUT2D eigenvalue weighted by molar-refractivity contribution is 5.90. The van der Waals surface area contributed by atoms with Crippen molar-refractivity contribution >= 4 is 5.90 Å². The van der Waals surface area contributed by atoms with Crippen LogP contribution in [0.4, 0.5) is 0 Å². The van der Waals surface area contributed by atoms with Crippen LogP contribution in [0.2, 0.25) is 0 Å². The minimum Gasteiger partial charge on any atom is -0.469 e. The van der Waals surface area contributed by atoms with Crippen LogP contribution in [-0.2, 0) is 4.74 Å². The highest BCUT2D eigenvalue weighted by Crippen LogP contribution is 2.60. The first kappa shape index (κ1) is 13.1. The van der Waals surface area contributed by atoms with Gasteiger partial charge in [-0.1, -0.05) is 19.9 Å². The number of nitriles is 3. The number of allylic oxidation sites excluding steroid dienone is 1. The average Bonchev–Trinajstić information content (AvgIpc) is 2.62. The number of hydrogen-bond donors (Lipinski definition) is 1. The van der Waals surface area contributed by atoms with Crippen molar-refractivity contribution in [1.82, 2.24) is 0 Å². The molecule has 0 amide bonds. The van der Waals surface area contributed by atoms with Crippen LogP contribution in [0.3, 0.4) is 0 Å². The molecule has 0 radical (unpaired) electrons. The predicted molar refractivity (Wildman–Crippen MR) is 66.5 cm³/mol. The Kier molecular flexibility index (Phi) is 2.84. The van der Waals surface area contributed by atoms with Crippen molar-refractivity contribution in [2.75, 3.05) is 0 Å². The molecule has 0 aromatic heterocycles. The average molecular weight is 254 g/mol. The minimum atomic E-state index is -1.61. The van der Waals surface area contributed by atoms with Crippen molar-refractivity contribution in [2.24, 2.45) is 16.7 Å². The van der Waals surface area contributed by atoms with Gasteiger partial charge >= 0.3 is 0 Å². The topological polar surface area (TPSA) is 104 Å². The zero-order valence-corrected chi connectivity index (χ0v) is 10.9. The van der Waals surface area contributed by atoms with Crippen molar-refractivity contribution in [3.8, 4) is 18.2 Å². The van der Waals surface area contributed by atoms with Crippen LogP contribution in [0.5, 0.6) is 0 Å². The highest BCUT2D eigenvalue weighted by Gasteiger charge is 2.73. The second-order valence-corrected chi connectivity index (χ2v) is 4.89. The first-order chi connectivity index (χ1) is 9.07. The summed E-state index contributed by atoms with van der Waals surface area (Å²) >= 11 is 0. The standard InChI is InChI=1S/C14H14N4O/c1-3-9-5-10(4-2)14(8-17)12(18)19-11(9)13(14,6-15)7-16/h5,10-11,18H,3-4H2,1-2H3/t10-,11-,14+/m1/s1. The first-order valence-corrected chi connectivity index (χ1v) is 6.27. The number of nitrogens with one attached hydrogen (secondary N) is 1. The molecule has 2 rings (SSSR count). The zero-order valence-electron chi connectivity index (χ0n) is 10.9. The van der Waals surface area contributed by atoms with Gasteiger partial charge in [0.15, 0.2) is 11.5 Å². The summed E-state index contributed by atoms with van der Waals surface area (Å²) < 4.78 is 5.46. The maximum Gasteiger partial charge on any atom is 0.211 e. The molecule has 2 bridgehead atoms. The molecule has 0 aromatic carbocycles. The van der Waals surface area contributed by atoms with Gasteiger partial charge in [0.1, 0.15) is 0 Å². The van der Waals surface area contributed by atoms with Gasteiger partial charge in [-0.2, -0.15) is 15.8 Å². The van der Waals surface area contributed by atoms with Crippen molar-refractivity contribution in [2.45, 2.75) is 32.8 Å². The second kappa shape index (κ2) is 4.11. The summed E-state index contributed by atoms with van der Waals surface area (Å²) in [5.74, 6) is -0.576. The van der Waals surface area contributed by atoms with Crippen LogP contribution in [-0.4, -0.2) is 12.0 Å². The van der Waals surface area contributed by atoms with Gasteiger partial charge in [-0.05, 0) is 18.4 Å². The third kappa shape index (κ3) is 1.19. The van der Waals surface area contributed by atoms with Crippen LogP contribution in [0.1, 0.15) is 26.7 Å². The molecule has 1 aliphatic heterocycles. The van der Waals surface area contributed by atoms with Gasteiger partial charge in [-0.25, -0.2) is 0 Å². The van der Waals surface area contributed by atoms with Gasteiger partial charge in [-0.3, -0.25) is 5.41 Å². The van der Waals surface area contributed by atoms with Gasteiger partial charge in [0.2, 0.25) is 11.3 Å². The molecular formula is C14H14N4O. The quantitative estimate of drug-likeness (QED) is 0.763. The van der Waals surface area contributed by atoms with E-state index in [9.17, 15) is 15.8 Å². The summed E-state index contributed by atoms with van der Waals surface area (Å²) in [5, 5.41) is 36.7. The van der Waals surface area contributed by atoms with E-state index in [1.54, 1.807) is 0 Å².